The minimum absolute atomic E-state index is 0.579. The largest absolute Gasteiger partial charge is 0.293 e. The molecule has 0 aliphatic carbocycles. The quantitative estimate of drug-likeness (QED) is 0.472. The number of nitrogens with zero attached hydrogens (tertiary/aromatic N) is 1. The predicted molar refractivity (Wildman–Crippen MR) is 108 cm³/mol. The molecule has 0 aliphatic rings. The van der Waals surface area contributed by atoms with Gasteiger partial charge in [-0.3, -0.25) is 4.99 Å². The molecule has 3 aromatic rings. The van der Waals surface area contributed by atoms with Crippen molar-refractivity contribution in [2.24, 2.45) is 4.99 Å². The topological polar surface area (TPSA) is 12.4 Å². The summed E-state index contributed by atoms with van der Waals surface area (Å²) < 4.78 is 0. The van der Waals surface area contributed by atoms with Gasteiger partial charge in [-0.1, -0.05) is 91.9 Å². The van der Waals surface area contributed by atoms with Gasteiger partial charge in [-0.15, -0.1) is 0 Å². The van der Waals surface area contributed by atoms with Gasteiger partial charge in [0.15, 0.2) is 0 Å². The highest BCUT2D eigenvalue weighted by molar-refractivity contribution is 7.80. The Kier molecular flexibility index (Phi) is 5.93. The summed E-state index contributed by atoms with van der Waals surface area (Å²) in [5.74, 6) is 0. The Labute approximate surface area is 145 Å². The van der Waals surface area contributed by atoms with Crippen molar-refractivity contribution in [1.82, 2.24) is 0 Å². The second kappa shape index (κ2) is 8.57. The van der Waals surface area contributed by atoms with E-state index in [9.17, 15) is 0 Å². The zero-order valence-corrected chi connectivity index (χ0v) is 14.9. The van der Waals surface area contributed by atoms with Crippen molar-refractivity contribution in [2.75, 3.05) is 6.54 Å². The van der Waals surface area contributed by atoms with Crippen LogP contribution in [0, 0.1) is 0 Å². The lowest BCUT2D eigenvalue weighted by Gasteiger charge is -2.21. The Balaban J connectivity index is 2.10. The van der Waals surface area contributed by atoms with Crippen LogP contribution in [0.2, 0.25) is 0 Å². The lowest BCUT2D eigenvalue weighted by molar-refractivity contribution is 0.937. The highest BCUT2D eigenvalue weighted by Crippen LogP contribution is 2.33. The summed E-state index contributed by atoms with van der Waals surface area (Å²) >= 11 is 0. The van der Waals surface area contributed by atoms with Crippen LogP contribution in [0.1, 0.15) is 18.9 Å². The van der Waals surface area contributed by atoms with E-state index in [-0.39, 0.29) is 0 Å². The second-order valence-electron chi connectivity index (χ2n) is 5.60. The molecule has 0 fully saturated rings. The zero-order valence-electron chi connectivity index (χ0n) is 14.0. The fourth-order valence-electron chi connectivity index (χ4n) is 2.67. The van der Waals surface area contributed by atoms with Crippen LogP contribution in [0.15, 0.2) is 89.9 Å². The van der Waals surface area contributed by atoms with Crippen LogP contribution in [0.5, 0.6) is 0 Å². The molecule has 0 N–H and O–H groups in total. The predicted octanol–water partition coefficient (Wildman–Crippen LogP) is 4.27. The van der Waals surface area contributed by atoms with E-state index < -0.39 is 7.92 Å². The van der Waals surface area contributed by atoms with Gasteiger partial charge >= 0.3 is 0 Å². The minimum atomic E-state index is -0.579. The van der Waals surface area contributed by atoms with E-state index in [4.69, 9.17) is 0 Å². The Morgan fingerprint density at radius 1 is 0.750 bits per heavy atom. The van der Waals surface area contributed by atoms with Crippen molar-refractivity contribution in [3.05, 3.63) is 90.5 Å². The molecule has 0 unspecified atom stereocenters. The zero-order chi connectivity index (χ0) is 16.6. The van der Waals surface area contributed by atoms with E-state index in [1.807, 2.05) is 6.21 Å². The smallest absolute Gasteiger partial charge is 0.0386 e. The molecular weight excluding hydrogens is 309 g/mol. The monoisotopic (exact) mass is 331 g/mol. The molecule has 0 amide bonds. The minimum Gasteiger partial charge on any atom is -0.293 e. The molecule has 0 bridgehead atoms. The van der Waals surface area contributed by atoms with Gasteiger partial charge in [-0.25, -0.2) is 0 Å². The Morgan fingerprint density at radius 2 is 1.29 bits per heavy atom. The summed E-state index contributed by atoms with van der Waals surface area (Å²) in [5.41, 5.74) is 1.23. The fraction of sp³-hybridized carbons (Fsp3) is 0.136. The van der Waals surface area contributed by atoms with Crippen molar-refractivity contribution >= 4 is 30.0 Å². The summed E-state index contributed by atoms with van der Waals surface area (Å²) in [7, 11) is -0.579. The molecule has 3 rings (SSSR count). The Bertz CT molecular complexity index is 742. The third-order valence-electron chi connectivity index (χ3n) is 3.79. The first-order chi connectivity index (χ1) is 11.9. The molecule has 120 valence electrons. The first-order valence-electron chi connectivity index (χ1n) is 8.39. The van der Waals surface area contributed by atoms with Gasteiger partial charge < -0.3 is 0 Å². The molecule has 0 heterocycles. The summed E-state index contributed by atoms with van der Waals surface area (Å²) in [5, 5.41) is 4.11. The van der Waals surface area contributed by atoms with Crippen LogP contribution in [-0.2, 0) is 0 Å². The maximum Gasteiger partial charge on any atom is 0.0386 e. The molecule has 0 saturated heterocycles. The molecule has 0 spiro atoms. The van der Waals surface area contributed by atoms with E-state index >= 15 is 0 Å². The standard InChI is InChI=1S/C22H22NP/c1-2-17-23-18-19-11-9-10-16-22(19)24(20-12-5-3-6-13-20)21-14-7-4-8-15-21/h3-16,18H,2,17H2,1H3. The number of benzene rings is 3. The molecule has 1 nitrogen and oxygen atoms in total. The molecule has 0 atom stereocenters. The molecule has 3 aromatic carbocycles. The second-order valence-corrected chi connectivity index (χ2v) is 7.79. The number of hydrogen-bond acceptors (Lipinski definition) is 1. The van der Waals surface area contributed by atoms with Crippen LogP contribution in [0.4, 0.5) is 0 Å². The molecule has 0 aromatic heterocycles. The summed E-state index contributed by atoms with van der Waals surface area (Å²) in [6.07, 6.45) is 3.12. The normalized spacial score (nSPS) is 11.2. The van der Waals surface area contributed by atoms with Crippen molar-refractivity contribution in [2.45, 2.75) is 13.3 Å². The van der Waals surface area contributed by atoms with Gasteiger partial charge in [0.25, 0.3) is 0 Å². The van der Waals surface area contributed by atoms with Gasteiger partial charge in [0.1, 0.15) is 0 Å². The summed E-state index contributed by atoms with van der Waals surface area (Å²) in [6, 6.07) is 30.3. The average Bonchev–Trinajstić information content (AvgIpc) is 2.65. The Morgan fingerprint density at radius 3 is 1.88 bits per heavy atom. The van der Waals surface area contributed by atoms with E-state index in [1.54, 1.807) is 0 Å². The SMILES string of the molecule is CCCN=Cc1ccccc1P(c1ccccc1)c1ccccc1. The lowest BCUT2D eigenvalue weighted by Crippen LogP contribution is -2.23. The number of aliphatic imine (C=N–C) groups is 1. The van der Waals surface area contributed by atoms with E-state index in [0.29, 0.717) is 0 Å². The first kappa shape index (κ1) is 16.6. The highest BCUT2D eigenvalue weighted by atomic mass is 31.1. The van der Waals surface area contributed by atoms with E-state index in [2.05, 4.69) is 96.8 Å². The number of hydrogen-bond donors (Lipinski definition) is 0. The highest BCUT2D eigenvalue weighted by Gasteiger charge is 2.18. The maximum absolute atomic E-state index is 4.58. The number of rotatable bonds is 6. The lowest BCUT2D eigenvalue weighted by atomic mass is 10.2. The van der Waals surface area contributed by atoms with Crippen LogP contribution in [-0.4, -0.2) is 12.8 Å². The van der Waals surface area contributed by atoms with Crippen molar-refractivity contribution in [1.29, 1.82) is 0 Å². The first-order valence-corrected chi connectivity index (χ1v) is 9.73. The average molecular weight is 331 g/mol. The third kappa shape index (κ3) is 3.99. The van der Waals surface area contributed by atoms with Gasteiger partial charge in [0.2, 0.25) is 0 Å². The van der Waals surface area contributed by atoms with Gasteiger partial charge in [-0.2, -0.15) is 0 Å². The fourth-order valence-corrected chi connectivity index (χ4v) is 5.09. The molecular formula is C22H22NP. The van der Waals surface area contributed by atoms with Crippen LogP contribution < -0.4 is 15.9 Å². The molecule has 0 saturated carbocycles. The van der Waals surface area contributed by atoms with Crippen molar-refractivity contribution in [3.8, 4) is 0 Å². The maximum atomic E-state index is 4.58. The van der Waals surface area contributed by atoms with Crippen LogP contribution in [0.25, 0.3) is 0 Å². The van der Waals surface area contributed by atoms with Crippen molar-refractivity contribution in [3.63, 3.8) is 0 Å². The van der Waals surface area contributed by atoms with Gasteiger partial charge in [0.05, 0.1) is 0 Å². The van der Waals surface area contributed by atoms with E-state index in [0.717, 1.165) is 13.0 Å². The molecule has 2 heteroatoms. The van der Waals surface area contributed by atoms with Gasteiger partial charge in [-0.05, 0) is 30.3 Å². The third-order valence-corrected chi connectivity index (χ3v) is 6.31. The van der Waals surface area contributed by atoms with Crippen LogP contribution in [0.3, 0.4) is 0 Å². The molecule has 24 heavy (non-hydrogen) atoms. The molecule has 0 aliphatic heterocycles. The summed E-state index contributed by atoms with van der Waals surface area (Å²) in [6.45, 7) is 3.03. The van der Waals surface area contributed by atoms with Crippen LogP contribution >= 0.6 is 7.92 Å². The summed E-state index contributed by atoms with van der Waals surface area (Å²) in [4.78, 5) is 4.58. The van der Waals surface area contributed by atoms with E-state index in [1.165, 1.54) is 21.5 Å². The van der Waals surface area contributed by atoms with Crippen molar-refractivity contribution < 1.29 is 0 Å². The molecule has 0 radical (unpaired) electrons. The Hall–Kier alpha value is -2.24. The van der Waals surface area contributed by atoms with Gasteiger partial charge in [0, 0.05) is 18.3 Å².